The number of benzene rings is 3. The van der Waals surface area contributed by atoms with Crippen molar-refractivity contribution in [2.45, 2.75) is 70.3 Å². The first-order valence-electron chi connectivity index (χ1n) is 12.5. The van der Waals surface area contributed by atoms with Crippen molar-refractivity contribution in [3.63, 3.8) is 0 Å². The lowest BCUT2D eigenvalue weighted by atomic mass is 9.72. The van der Waals surface area contributed by atoms with E-state index in [2.05, 4.69) is 0 Å². The number of nitrogens with two attached hydrogens (primary N) is 2. The number of nitrogen functional groups attached to an aromatic ring is 2. The summed E-state index contributed by atoms with van der Waals surface area (Å²) in [5.74, 6) is -0.226. The van der Waals surface area contributed by atoms with Crippen LogP contribution in [-0.2, 0) is 10.8 Å². The van der Waals surface area contributed by atoms with Gasteiger partial charge in [-0.05, 0) is 73.2 Å². The van der Waals surface area contributed by atoms with Gasteiger partial charge in [-0.15, -0.1) is 0 Å². The first-order chi connectivity index (χ1) is 18.6. The fourth-order valence-electron chi connectivity index (χ4n) is 4.54. The molecule has 220 valence electrons. The van der Waals surface area contributed by atoms with Gasteiger partial charge >= 0.3 is 12.4 Å². The molecule has 0 spiro atoms. The number of rotatable bonds is 5. The third kappa shape index (κ3) is 6.01. The van der Waals surface area contributed by atoms with E-state index in [4.69, 9.17) is 20.9 Å². The molecule has 5 nitrogen and oxygen atoms in total. The van der Waals surface area contributed by atoms with Crippen LogP contribution >= 0.6 is 0 Å². The van der Waals surface area contributed by atoms with Crippen LogP contribution < -0.4 is 20.9 Å². The molecule has 3 aromatic rings. The topological polar surface area (TPSA) is 94.3 Å². The molecule has 0 bridgehead atoms. The van der Waals surface area contributed by atoms with Crippen molar-refractivity contribution in [2.24, 2.45) is 0 Å². The van der Waals surface area contributed by atoms with Crippen LogP contribution in [0.25, 0.3) is 0 Å². The Bertz CT molecular complexity index is 1460. The second kappa shape index (κ2) is 10.4. The molecule has 3 aromatic carbocycles. The molecule has 0 radical (unpaired) electrons. The Morgan fingerprint density at radius 1 is 0.683 bits per heavy atom. The van der Waals surface area contributed by atoms with Gasteiger partial charge in [-0.25, -0.2) is 0 Å². The number of hydrogen-bond acceptors (Lipinski definition) is 5. The summed E-state index contributed by atoms with van der Waals surface area (Å²) in [5, 5.41) is 9.74. The van der Waals surface area contributed by atoms with Crippen molar-refractivity contribution in [2.75, 3.05) is 11.5 Å². The first kappa shape index (κ1) is 31.5. The summed E-state index contributed by atoms with van der Waals surface area (Å²) in [7, 11) is 0. The van der Waals surface area contributed by atoms with Gasteiger partial charge in [-0.3, -0.25) is 0 Å². The van der Waals surface area contributed by atoms with E-state index in [1.54, 1.807) is 32.9 Å². The van der Waals surface area contributed by atoms with Gasteiger partial charge in [0.25, 0.3) is 0 Å². The number of halogens is 6. The number of nitriles is 1. The van der Waals surface area contributed by atoms with Gasteiger partial charge in [0.15, 0.2) is 0 Å². The summed E-state index contributed by atoms with van der Waals surface area (Å²) in [6.45, 7) is 10.6. The zero-order valence-electron chi connectivity index (χ0n) is 23.4. The lowest BCUT2D eigenvalue weighted by Crippen LogP contribution is -2.54. The highest BCUT2D eigenvalue weighted by molar-refractivity contribution is 5.63. The molecule has 0 aliphatic carbocycles. The highest BCUT2D eigenvalue weighted by Crippen LogP contribution is 2.57. The van der Waals surface area contributed by atoms with Crippen molar-refractivity contribution in [3.05, 3.63) is 76.9 Å². The average Bonchev–Trinajstić information content (AvgIpc) is 2.79. The normalized spacial score (nSPS) is 13.0. The molecule has 11 heteroatoms. The predicted octanol–water partition coefficient (Wildman–Crippen LogP) is 8.40. The summed E-state index contributed by atoms with van der Waals surface area (Å²) < 4.78 is 99.4. The van der Waals surface area contributed by atoms with E-state index in [0.29, 0.717) is 29.8 Å². The van der Waals surface area contributed by atoms with Crippen molar-refractivity contribution in [1.29, 1.82) is 5.26 Å². The SMILES string of the molecule is CC(C)(C)Oc1ccc(C(c2ccc(Oc3cccc(C(C)(C)C)c3C#N)c(N)c2)(C(F)(F)F)C(F)(F)F)cc1N. The quantitative estimate of drug-likeness (QED) is 0.234. The van der Waals surface area contributed by atoms with Gasteiger partial charge < -0.3 is 20.9 Å². The van der Waals surface area contributed by atoms with Crippen LogP contribution in [0.4, 0.5) is 37.7 Å². The summed E-state index contributed by atoms with van der Waals surface area (Å²) in [6.07, 6.45) is -11.7. The summed E-state index contributed by atoms with van der Waals surface area (Å²) in [5.41, 5.74) is 3.68. The van der Waals surface area contributed by atoms with Gasteiger partial charge in [0.1, 0.15) is 28.9 Å². The molecule has 0 atom stereocenters. The molecule has 0 aliphatic heterocycles. The zero-order valence-corrected chi connectivity index (χ0v) is 23.4. The zero-order chi connectivity index (χ0) is 31.2. The number of nitrogens with zero attached hydrogens (tertiary/aromatic N) is 1. The number of anilines is 2. The smallest absolute Gasteiger partial charge is 0.411 e. The predicted molar refractivity (Wildman–Crippen MR) is 145 cm³/mol. The molecule has 0 fully saturated rings. The molecule has 3 rings (SSSR count). The van der Waals surface area contributed by atoms with Crippen LogP contribution in [0.3, 0.4) is 0 Å². The Morgan fingerprint density at radius 2 is 1.17 bits per heavy atom. The third-order valence-electron chi connectivity index (χ3n) is 6.32. The summed E-state index contributed by atoms with van der Waals surface area (Å²) >= 11 is 0. The van der Waals surface area contributed by atoms with E-state index < -0.39 is 51.3 Å². The molecule has 0 heterocycles. The van der Waals surface area contributed by atoms with E-state index in [0.717, 1.165) is 12.1 Å². The van der Waals surface area contributed by atoms with Gasteiger partial charge in [-0.2, -0.15) is 31.6 Å². The summed E-state index contributed by atoms with van der Waals surface area (Å²) in [4.78, 5) is 0. The van der Waals surface area contributed by atoms with E-state index in [-0.39, 0.29) is 22.8 Å². The molecule has 0 amide bonds. The van der Waals surface area contributed by atoms with Crippen molar-refractivity contribution in [3.8, 4) is 23.3 Å². The van der Waals surface area contributed by atoms with Crippen LogP contribution in [0, 0.1) is 11.3 Å². The minimum absolute atomic E-state index is 0.0551. The second-order valence-corrected chi connectivity index (χ2v) is 11.6. The summed E-state index contributed by atoms with van der Waals surface area (Å²) in [6, 6.07) is 11.3. The number of hydrogen-bond donors (Lipinski definition) is 2. The fraction of sp³-hybridized carbons (Fsp3) is 0.367. The standard InChI is InChI=1S/C30H31F6N3O2/c1-26(2,3)20-8-7-9-23(19(20)16-37)40-24-12-10-17(14-21(24)38)28(29(31,32)33,30(34,35)36)18-11-13-25(22(39)15-18)41-27(4,5)6/h7-15H,38-39H2,1-6H3. The van der Waals surface area contributed by atoms with Crippen molar-refractivity contribution in [1.82, 2.24) is 0 Å². The Balaban J connectivity index is 2.21. The van der Waals surface area contributed by atoms with Crippen LogP contribution in [0.2, 0.25) is 0 Å². The highest BCUT2D eigenvalue weighted by Gasteiger charge is 2.72. The molecule has 0 saturated carbocycles. The molecular formula is C30H31F6N3O2. The number of ether oxygens (including phenoxy) is 2. The molecule has 0 aromatic heterocycles. The molecule has 4 N–H and O–H groups in total. The highest BCUT2D eigenvalue weighted by atomic mass is 19.4. The molecule has 0 unspecified atom stereocenters. The van der Waals surface area contributed by atoms with Crippen molar-refractivity contribution < 1.29 is 35.8 Å². The Hall–Kier alpha value is -4.07. The van der Waals surface area contributed by atoms with Crippen LogP contribution in [0.1, 0.15) is 63.8 Å². The largest absolute Gasteiger partial charge is 0.486 e. The van der Waals surface area contributed by atoms with Crippen LogP contribution in [0.5, 0.6) is 17.2 Å². The van der Waals surface area contributed by atoms with E-state index in [9.17, 15) is 31.6 Å². The molecule has 41 heavy (non-hydrogen) atoms. The van der Waals surface area contributed by atoms with Crippen LogP contribution in [-0.4, -0.2) is 18.0 Å². The Morgan fingerprint density at radius 3 is 1.56 bits per heavy atom. The van der Waals surface area contributed by atoms with Crippen LogP contribution in [0.15, 0.2) is 54.6 Å². The minimum Gasteiger partial charge on any atom is -0.486 e. The molecular weight excluding hydrogens is 548 g/mol. The lowest BCUT2D eigenvalue weighted by Gasteiger charge is -2.38. The average molecular weight is 580 g/mol. The van der Waals surface area contributed by atoms with Gasteiger partial charge in [-0.1, -0.05) is 45.0 Å². The van der Waals surface area contributed by atoms with Gasteiger partial charge in [0.05, 0.1) is 16.9 Å². The van der Waals surface area contributed by atoms with Gasteiger partial charge in [0, 0.05) is 0 Å². The lowest BCUT2D eigenvalue weighted by molar-refractivity contribution is -0.288. The molecule has 0 aliphatic rings. The number of alkyl halides is 6. The Kier molecular flexibility index (Phi) is 7.98. The maximum atomic E-state index is 14.7. The minimum atomic E-state index is -5.85. The van der Waals surface area contributed by atoms with Gasteiger partial charge in [0.2, 0.25) is 5.41 Å². The third-order valence-corrected chi connectivity index (χ3v) is 6.32. The van der Waals surface area contributed by atoms with E-state index in [1.165, 1.54) is 6.07 Å². The fourth-order valence-corrected chi connectivity index (χ4v) is 4.54. The first-order valence-corrected chi connectivity index (χ1v) is 12.5. The van der Waals surface area contributed by atoms with E-state index >= 15 is 0 Å². The maximum absolute atomic E-state index is 14.7. The maximum Gasteiger partial charge on any atom is 0.411 e. The van der Waals surface area contributed by atoms with Crippen molar-refractivity contribution >= 4 is 11.4 Å². The molecule has 0 saturated heterocycles. The Labute approximate surface area is 234 Å². The second-order valence-electron chi connectivity index (χ2n) is 11.6. The van der Waals surface area contributed by atoms with E-state index in [1.807, 2.05) is 26.8 Å². The monoisotopic (exact) mass is 579 g/mol.